The third kappa shape index (κ3) is 5.31. The zero-order valence-corrected chi connectivity index (χ0v) is 18.1. The minimum absolute atomic E-state index is 0.0668. The van der Waals surface area contributed by atoms with E-state index in [2.05, 4.69) is 5.32 Å². The summed E-state index contributed by atoms with van der Waals surface area (Å²) in [6.45, 7) is 2.86. The van der Waals surface area contributed by atoms with E-state index in [0.29, 0.717) is 44.0 Å². The van der Waals surface area contributed by atoms with Gasteiger partial charge in [0, 0.05) is 19.0 Å². The minimum Gasteiger partial charge on any atom is -0.493 e. The molecule has 3 rings (SSSR count). The number of carbonyl (C=O) groups is 1. The van der Waals surface area contributed by atoms with E-state index >= 15 is 0 Å². The van der Waals surface area contributed by atoms with E-state index in [1.54, 1.807) is 37.4 Å². The van der Waals surface area contributed by atoms with E-state index in [-0.39, 0.29) is 22.8 Å². The second kappa shape index (κ2) is 9.95. The fourth-order valence-corrected chi connectivity index (χ4v) is 4.95. The first kappa shape index (κ1) is 22.1. The lowest BCUT2D eigenvalue weighted by atomic mass is 9.97. The number of para-hydroxylation sites is 2. The highest BCUT2D eigenvalue weighted by atomic mass is 32.2. The summed E-state index contributed by atoms with van der Waals surface area (Å²) in [5.74, 6) is 0.993. The first-order valence-electron chi connectivity index (χ1n) is 10.0. The Morgan fingerprint density at radius 3 is 2.30 bits per heavy atom. The molecule has 0 saturated carbocycles. The number of benzene rings is 2. The van der Waals surface area contributed by atoms with Crippen molar-refractivity contribution in [2.24, 2.45) is 5.92 Å². The van der Waals surface area contributed by atoms with Gasteiger partial charge in [0.2, 0.25) is 15.9 Å². The van der Waals surface area contributed by atoms with Crippen LogP contribution in [0.2, 0.25) is 0 Å². The van der Waals surface area contributed by atoms with Crippen LogP contribution in [-0.4, -0.2) is 51.5 Å². The van der Waals surface area contributed by atoms with Crippen molar-refractivity contribution in [1.29, 1.82) is 0 Å². The normalized spacial score (nSPS) is 16.6. The summed E-state index contributed by atoms with van der Waals surface area (Å²) in [4.78, 5) is 12.9. The highest BCUT2D eigenvalue weighted by molar-refractivity contribution is 7.89. The fourth-order valence-electron chi connectivity index (χ4n) is 3.46. The average molecular weight is 433 g/mol. The molecule has 1 saturated heterocycles. The van der Waals surface area contributed by atoms with Crippen LogP contribution in [0.1, 0.15) is 19.8 Å². The third-order valence-electron chi connectivity index (χ3n) is 5.15. The number of hydrogen-bond donors (Lipinski definition) is 1. The summed E-state index contributed by atoms with van der Waals surface area (Å²) in [5.41, 5.74) is 0. The number of sulfonamides is 1. The van der Waals surface area contributed by atoms with Crippen molar-refractivity contribution in [1.82, 2.24) is 9.62 Å². The monoisotopic (exact) mass is 432 g/mol. The lowest BCUT2D eigenvalue weighted by Crippen LogP contribution is -2.45. The zero-order chi connectivity index (χ0) is 21.6. The number of methoxy groups -OCH3 is 1. The minimum atomic E-state index is -3.51. The standard InChI is InChI=1S/C22H28N2O5S/c1-17(16-29-21-11-7-6-10-20(21)28-2)23-22(25)18-12-14-24(15-13-18)30(26,27)19-8-4-3-5-9-19/h3-11,17-18H,12-16H2,1-2H3,(H,23,25). The number of rotatable bonds is 8. The predicted octanol–water partition coefficient (Wildman–Crippen LogP) is 2.68. The molecule has 0 aromatic heterocycles. The lowest BCUT2D eigenvalue weighted by Gasteiger charge is -2.31. The van der Waals surface area contributed by atoms with E-state index in [1.165, 1.54) is 4.31 Å². The Morgan fingerprint density at radius 1 is 1.07 bits per heavy atom. The molecule has 0 bridgehead atoms. The molecule has 2 aromatic rings. The number of amides is 1. The number of hydrogen-bond acceptors (Lipinski definition) is 5. The molecule has 1 unspecified atom stereocenters. The Kier molecular flexibility index (Phi) is 7.33. The number of ether oxygens (including phenoxy) is 2. The topological polar surface area (TPSA) is 84.9 Å². The molecule has 8 heteroatoms. The van der Waals surface area contributed by atoms with Crippen LogP contribution in [0.3, 0.4) is 0 Å². The summed E-state index contributed by atoms with van der Waals surface area (Å²) in [5, 5.41) is 2.97. The van der Waals surface area contributed by atoms with Crippen molar-refractivity contribution in [2.75, 3.05) is 26.8 Å². The molecule has 2 aromatic carbocycles. The maximum Gasteiger partial charge on any atom is 0.243 e. The summed E-state index contributed by atoms with van der Waals surface area (Å²) in [6, 6.07) is 15.6. The lowest BCUT2D eigenvalue weighted by molar-refractivity contribution is -0.126. The van der Waals surface area contributed by atoms with Gasteiger partial charge in [0.05, 0.1) is 18.0 Å². The van der Waals surface area contributed by atoms with Crippen molar-refractivity contribution < 1.29 is 22.7 Å². The maximum absolute atomic E-state index is 12.7. The van der Waals surface area contributed by atoms with Crippen LogP contribution in [0.15, 0.2) is 59.5 Å². The number of nitrogens with one attached hydrogen (secondary N) is 1. The van der Waals surface area contributed by atoms with Crippen LogP contribution in [-0.2, 0) is 14.8 Å². The van der Waals surface area contributed by atoms with E-state index in [1.807, 2.05) is 31.2 Å². The van der Waals surface area contributed by atoms with Crippen LogP contribution in [0.5, 0.6) is 11.5 Å². The van der Waals surface area contributed by atoms with Gasteiger partial charge in [-0.15, -0.1) is 0 Å². The Labute approximate surface area is 178 Å². The fraction of sp³-hybridized carbons (Fsp3) is 0.409. The van der Waals surface area contributed by atoms with Crippen molar-refractivity contribution >= 4 is 15.9 Å². The van der Waals surface area contributed by atoms with Gasteiger partial charge in [-0.3, -0.25) is 4.79 Å². The van der Waals surface area contributed by atoms with Gasteiger partial charge in [-0.2, -0.15) is 4.31 Å². The molecule has 0 spiro atoms. The SMILES string of the molecule is COc1ccccc1OCC(C)NC(=O)C1CCN(S(=O)(=O)c2ccccc2)CC1. The van der Waals surface area contributed by atoms with Crippen LogP contribution >= 0.6 is 0 Å². The Morgan fingerprint density at radius 2 is 1.67 bits per heavy atom. The van der Waals surface area contributed by atoms with Gasteiger partial charge in [-0.25, -0.2) is 8.42 Å². The van der Waals surface area contributed by atoms with Crippen molar-refractivity contribution in [3.63, 3.8) is 0 Å². The smallest absolute Gasteiger partial charge is 0.243 e. The molecule has 1 fully saturated rings. The molecule has 0 radical (unpaired) electrons. The summed E-state index contributed by atoms with van der Waals surface area (Å²) < 4.78 is 37.9. The van der Waals surface area contributed by atoms with Gasteiger partial charge >= 0.3 is 0 Å². The van der Waals surface area contributed by atoms with Crippen LogP contribution < -0.4 is 14.8 Å². The summed E-state index contributed by atoms with van der Waals surface area (Å²) >= 11 is 0. The molecular weight excluding hydrogens is 404 g/mol. The first-order valence-corrected chi connectivity index (χ1v) is 11.5. The highest BCUT2D eigenvalue weighted by Gasteiger charge is 2.32. The molecule has 1 N–H and O–H groups in total. The number of nitrogens with zero attached hydrogens (tertiary/aromatic N) is 1. The van der Waals surface area contributed by atoms with Gasteiger partial charge in [0.1, 0.15) is 6.61 Å². The van der Waals surface area contributed by atoms with Crippen LogP contribution in [0.25, 0.3) is 0 Å². The van der Waals surface area contributed by atoms with Gasteiger partial charge in [-0.1, -0.05) is 30.3 Å². The second-order valence-corrected chi connectivity index (χ2v) is 9.30. The molecule has 1 atom stereocenters. The van der Waals surface area contributed by atoms with E-state index in [9.17, 15) is 13.2 Å². The van der Waals surface area contributed by atoms with Crippen LogP contribution in [0.4, 0.5) is 0 Å². The quantitative estimate of drug-likeness (QED) is 0.693. The number of carbonyl (C=O) groups excluding carboxylic acids is 1. The van der Waals surface area contributed by atoms with Gasteiger partial charge < -0.3 is 14.8 Å². The third-order valence-corrected chi connectivity index (χ3v) is 7.07. The second-order valence-electron chi connectivity index (χ2n) is 7.36. The van der Waals surface area contributed by atoms with Crippen molar-refractivity contribution in [2.45, 2.75) is 30.7 Å². The zero-order valence-electron chi connectivity index (χ0n) is 17.3. The summed E-state index contributed by atoms with van der Waals surface area (Å²) in [6.07, 6.45) is 0.996. The Balaban J connectivity index is 1.48. The average Bonchev–Trinajstić information content (AvgIpc) is 2.78. The van der Waals surface area contributed by atoms with Crippen molar-refractivity contribution in [3.05, 3.63) is 54.6 Å². The molecule has 1 amide bonds. The van der Waals surface area contributed by atoms with E-state index < -0.39 is 10.0 Å². The summed E-state index contributed by atoms with van der Waals surface area (Å²) in [7, 11) is -1.93. The largest absolute Gasteiger partial charge is 0.493 e. The molecular formula is C22H28N2O5S. The molecule has 1 aliphatic rings. The van der Waals surface area contributed by atoms with Gasteiger partial charge in [-0.05, 0) is 44.0 Å². The van der Waals surface area contributed by atoms with Gasteiger partial charge in [0.15, 0.2) is 11.5 Å². The van der Waals surface area contributed by atoms with Crippen molar-refractivity contribution in [3.8, 4) is 11.5 Å². The Hall–Kier alpha value is -2.58. The van der Waals surface area contributed by atoms with E-state index in [0.717, 1.165) is 0 Å². The molecule has 1 aliphatic heterocycles. The van der Waals surface area contributed by atoms with Crippen LogP contribution in [0, 0.1) is 5.92 Å². The number of piperidine rings is 1. The predicted molar refractivity (Wildman–Crippen MR) is 114 cm³/mol. The highest BCUT2D eigenvalue weighted by Crippen LogP contribution is 2.26. The molecule has 7 nitrogen and oxygen atoms in total. The first-order chi connectivity index (χ1) is 14.4. The molecule has 0 aliphatic carbocycles. The van der Waals surface area contributed by atoms with E-state index in [4.69, 9.17) is 9.47 Å². The maximum atomic E-state index is 12.7. The molecule has 30 heavy (non-hydrogen) atoms. The Bertz CT molecular complexity index is 941. The molecule has 162 valence electrons. The van der Waals surface area contributed by atoms with Gasteiger partial charge in [0.25, 0.3) is 0 Å². The molecule has 1 heterocycles.